The number of carbonyl (C=O) groups is 1. The van der Waals surface area contributed by atoms with Crippen LogP contribution in [0.1, 0.15) is 33.1 Å². The van der Waals surface area contributed by atoms with Crippen LogP contribution < -0.4 is 0 Å². The third-order valence-corrected chi connectivity index (χ3v) is 2.61. The van der Waals surface area contributed by atoms with E-state index in [-0.39, 0.29) is 0 Å². The molecule has 0 N–H and O–H groups in total. The lowest BCUT2D eigenvalue weighted by Crippen LogP contribution is -2.06. The van der Waals surface area contributed by atoms with Crippen molar-refractivity contribution in [3.05, 3.63) is 23.3 Å². The molecule has 1 atom stereocenters. The van der Waals surface area contributed by atoms with Gasteiger partial charge in [-0.05, 0) is 45.1 Å². The van der Waals surface area contributed by atoms with Crippen molar-refractivity contribution in [2.24, 2.45) is 5.92 Å². The van der Waals surface area contributed by atoms with Crippen LogP contribution in [-0.2, 0) is 4.79 Å². The van der Waals surface area contributed by atoms with Gasteiger partial charge in [-0.1, -0.05) is 17.2 Å². The second-order valence-electron chi connectivity index (χ2n) is 3.57. The predicted molar refractivity (Wildman–Crippen MR) is 50.9 cm³/mol. The fourth-order valence-electron chi connectivity index (χ4n) is 1.62. The summed E-state index contributed by atoms with van der Waals surface area (Å²) in [7, 11) is 0. The van der Waals surface area contributed by atoms with Gasteiger partial charge in [-0.15, -0.1) is 0 Å². The van der Waals surface area contributed by atoms with Gasteiger partial charge in [0.25, 0.3) is 0 Å². The van der Waals surface area contributed by atoms with Crippen LogP contribution in [0.15, 0.2) is 23.3 Å². The van der Waals surface area contributed by atoms with Gasteiger partial charge in [0.05, 0.1) is 0 Å². The molecule has 1 rings (SSSR count). The molecular weight excluding hydrogens is 148 g/mol. The lowest BCUT2D eigenvalue weighted by atomic mass is 9.85. The first-order chi connectivity index (χ1) is 5.74. The van der Waals surface area contributed by atoms with Crippen molar-refractivity contribution in [3.8, 4) is 0 Å². The molecule has 0 radical (unpaired) electrons. The Kier molecular flexibility index (Phi) is 3.27. The van der Waals surface area contributed by atoms with Gasteiger partial charge >= 0.3 is 0 Å². The van der Waals surface area contributed by atoms with E-state index in [1.807, 2.05) is 6.92 Å². The van der Waals surface area contributed by atoms with Crippen LogP contribution in [0.4, 0.5) is 0 Å². The van der Waals surface area contributed by atoms with Gasteiger partial charge in [0.1, 0.15) is 6.29 Å². The normalized spacial score (nSPS) is 25.0. The van der Waals surface area contributed by atoms with Crippen LogP contribution in [-0.4, -0.2) is 6.29 Å². The minimum Gasteiger partial charge on any atom is -0.299 e. The van der Waals surface area contributed by atoms with E-state index in [1.165, 1.54) is 24.0 Å². The van der Waals surface area contributed by atoms with Crippen molar-refractivity contribution in [2.45, 2.75) is 33.1 Å². The molecule has 0 amide bonds. The van der Waals surface area contributed by atoms with Crippen LogP contribution >= 0.6 is 0 Å². The van der Waals surface area contributed by atoms with E-state index in [4.69, 9.17) is 0 Å². The standard InChI is InChI=1S/C11H16O/c1-9-3-5-11(6-4-9)10(2)7-8-12/h3,7-8,11H,4-6H2,1-2H3/b10-7-/t11-/m0/s1. The van der Waals surface area contributed by atoms with Crippen molar-refractivity contribution in [2.75, 3.05) is 0 Å². The topological polar surface area (TPSA) is 17.1 Å². The first kappa shape index (κ1) is 9.24. The Morgan fingerprint density at radius 2 is 2.42 bits per heavy atom. The number of rotatable bonds is 2. The molecule has 1 aliphatic carbocycles. The fraction of sp³-hybridized carbons (Fsp3) is 0.545. The minimum atomic E-state index is 0.610. The van der Waals surface area contributed by atoms with E-state index in [1.54, 1.807) is 6.08 Å². The average Bonchev–Trinajstić information content (AvgIpc) is 2.06. The highest BCUT2D eigenvalue weighted by atomic mass is 16.1. The van der Waals surface area contributed by atoms with E-state index < -0.39 is 0 Å². The quantitative estimate of drug-likeness (QED) is 0.348. The molecular formula is C11H16O. The zero-order chi connectivity index (χ0) is 8.97. The second kappa shape index (κ2) is 4.24. The molecule has 0 spiro atoms. The molecule has 66 valence electrons. The van der Waals surface area contributed by atoms with Crippen molar-refractivity contribution in [3.63, 3.8) is 0 Å². The highest BCUT2D eigenvalue weighted by molar-refractivity contribution is 5.66. The molecule has 12 heavy (non-hydrogen) atoms. The van der Waals surface area contributed by atoms with Gasteiger partial charge in [0.15, 0.2) is 0 Å². The highest BCUT2D eigenvalue weighted by Gasteiger charge is 2.13. The van der Waals surface area contributed by atoms with E-state index >= 15 is 0 Å². The maximum Gasteiger partial charge on any atom is 0.142 e. The summed E-state index contributed by atoms with van der Waals surface area (Å²) in [5, 5.41) is 0. The Balaban J connectivity index is 2.56. The molecule has 1 aliphatic rings. The van der Waals surface area contributed by atoms with Crippen LogP contribution in [0, 0.1) is 5.92 Å². The summed E-state index contributed by atoms with van der Waals surface area (Å²) in [4.78, 5) is 10.2. The molecule has 0 saturated heterocycles. The Morgan fingerprint density at radius 3 is 2.92 bits per heavy atom. The Bertz CT molecular complexity index is 223. The zero-order valence-electron chi connectivity index (χ0n) is 7.84. The molecule has 1 nitrogen and oxygen atoms in total. The Hall–Kier alpha value is -0.850. The monoisotopic (exact) mass is 164 g/mol. The van der Waals surface area contributed by atoms with Gasteiger partial charge < -0.3 is 0 Å². The number of aldehydes is 1. The van der Waals surface area contributed by atoms with Crippen molar-refractivity contribution >= 4 is 6.29 Å². The van der Waals surface area contributed by atoms with Gasteiger partial charge in [-0.3, -0.25) is 4.79 Å². The summed E-state index contributed by atoms with van der Waals surface area (Å²) < 4.78 is 0. The number of hydrogen-bond donors (Lipinski definition) is 0. The first-order valence-corrected chi connectivity index (χ1v) is 4.51. The summed E-state index contributed by atoms with van der Waals surface area (Å²) in [6.07, 6.45) is 8.38. The molecule has 0 saturated carbocycles. The molecule has 0 heterocycles. The summed E-state index contributed by atoms with van der Waals surface area (Å²) in [6, 6.07) is 0. The Morgan fingerprint density at radius 1 is 1.67 bits per heavy atom. The van der Waals surface area contributed by atoms with Crippen LogP contribution in [0.3, 0.4) is 0 Å². The van der Waals surface area contributed by atoms with Gasteiger partial charge in [-0.25, -0.2) is 0 Å². The van der Waals surface area contributed by atoms with E-state index in [0.717, 1.165) is 12.7 Å². The Labute approximate surface area is 74.2 Å². The third-order valence-electron chi connectivity index (χ3n) is 2.61. The molecule has 0 aliphatic heterocycles. The summed E-state index contributed by atoms with van der Waals surface area (Å²) in [5.41, 5.74) is 2.72. The minimum absolute atomic E-state index is 0.610. The van der Waals surface area contributed by atoms with Gasteiger partial charge in [0.2, 0.25) is 0 Å². The van der Waals surface area contributed by atoms with Crippen molar-refractivity contribution < 1.29 is 4.79 Å². The fourth-order valence-corrected chi connectivity index (χ4v) is 1.62. The molecule has 0 fully saturated rings. The van der Waals surface area contributed by atoms with Crippen LogP contribution in [0.2, 0.25) is 0 Å². The lowest BCUT2D eigenvalue weighted by Gasteiger charge is -2.20. The highest BCUT2D eigenvalue weighted by Crippen LogP contribution is 2.28. The summed E-state index contributed by atoms with van der Waals surface area (Å²) >= 11 is 0. The lowest BCUT2D eigenvalue weighted by molar-refractivity contribution is -0.104. The predicted octanol–water partition coefficient (Wildman–Crippen LogP) is 2.88. The van der Waals surface area contributed by atoms with Crippen LogP contribution in [0.5, 0.6) is 0 Å². The van der Waals surface area contributed by atoms with E-state index in [2.05, 4.69) is 13.0 Å². The van der Waals surface area contributed by atoms with Gasteiger partial charge in [-0.2, -0.15) is 0 Å². The van der Waals surface area contributed by atoms with Crippen molar-refractivity contribution in [1.29, 1.82) is 0 Å². The molecule has 0 unspecified atom stereocenters. The second-order valence-corrected chi connectivity index (χ2v) is 3.57. The first-order valence-electron chi connectivity index (χ1n) is 4.51. The summed E-state index contributed by atoms with van der Waals surface area (Å²) in [6.45, 7) is 4.22. The molecule has 0 bridgehead atoms. The maximum absolute atomic E-state index is 10.2. The van der Waals surface area contributed by atoms with Crippen LogP contribution in [0.25, 0.3) is 0 Å². The van der Waals surface area contributed by atoms with Gasteiger partial charge in [0, 0.05) is 0 Å². The summed E-state index contributed by atoms with van der Waals surface area (Å²) in [5.74, 6) is 0.610. The van der Waals surface area contributed by atoms with E-state index in [0.29, 0.717) is 5.92 Å². The smallest absolute Gasteiger partial charge is 0.142 e. The average molecular weight is 164 g/mol. The SMILES string of the molecule is CC1=CC[C@H](/C(C)=C\C=O)CC1. The number of allylic oxidation sites excluding steroid dienone is 4. The zero-order valence-corrected chi connectivity index (χ0v) is 7.84. The number of carbonyl (C=O) groups excluding carboxylic acids is 1. The molecule has 0 aromatic carbocycles. The van der Waals surface area contributed by atoms with Crippen molar-refractivity contribution in [1.82, 2.24) is 0 Å². The maximum atomic E-state index is 10.2. The molecule has 0 aromatic rings. The molecule has 0 aromatic heterocycles. The third kappa shape index (κ3) is 2.33. The molecule has 1 heteroatoms. The van der Waals surface area contributed by atoms with E-state index in [9.17, 15) is 4.79 Å². The largest absolute Gasteiger partial charge is 0.299 e. The number of hydrogen-bond acceptors (Lipinski definition) is 1.